The lowest BCUT2D eigenvalue weighted by Crippen LogP contribution is -2.11. The van der Waals surface area contributed by atoms with Crippen molar-refractivity contribution in [2.45, 2.75) is 38.9 Å². The first-order chi connectivity index (χ1) is 10.7. The Bertz CT molecular complexity index is 647. The van der Waals surface area contributed by atoms with E-state index in [1.165, 1.54) is 0 Å². The van der Waals surface area contributed by atoms with Crippen LogP contribution in [0.4, 0.5) is 0 Å². The van der Waals surface area contributed by atoms with E-state index in [4.69, 9.17) is 9.05 Å². The molecule has 0 N–H and O–H groups in total. The Labute approximate surface area is 131 Å². The molecule has 2 aromatic carbocycles. The molecule has 0 unspecified atom stereocenters. The van der Waals surface area contributed by atoms with E-state index in [0.717, 1.165) is 24.0 Å². The zero-order valence-corrected chi connectivity index (χ0v) is 13.8. The zero-order chi connectivity index (χ0) is 15.6. The van der Waals surface area contributed by atoms with E-state index in [1.54, 1.807) is 0 Å². The highest BCUT2D eigenvalue weighted by Gasteiger charge is 2.38. The summed E-state index contributed by atoms with van der Waals surface area (Å²) in [5.41, 5.74) is 2.18. The number of rotatable bonds is 3. The standard InChI is InChI=1S/C18H21O3P/c1-3-17-15-12-8-9-13-16(15)18(4-2)21-22(19,20-17)14-10-6-5-7-11-14/h5-13,17-18H,3-4H2,1-2H3/t17-,18-/m0/s1. The van der Waals surface area contributed by atoms with Crippen LogP contribution in [0.5, 0.6) is 0 Å². The maximum absolute atomic E-state index is 13.4. The SMILES string of the molecule is CC[C@@H]1OP(=O)(c2ccccc2)O[C@@H](CC)c2ccccc21. The fourth-order valence-corrected chi connectivity index (χ4v) is 4.92. The van der Waals surface area contributed by atoms with Crippen molar-refractivity contribution < 1.29 is 13.6 Å². The van der Waals surface area contributed by atoms with Gasteiger partial charge in [0.05, 0.1) is 17.5 Å². The van der Waals surface area contributed by atoms with Gasteiger partial charge in [0.25, 0.3) is 0 Å². The van der Waals surface area contributed by atoms with Crippen molar-refractivity contribution in [1.29, 1.82) is 0 Å². The summed E-state index contributed by atoms with van der Waals surface area (Å²) in [7, 11) is -3.34. The molecule has 0 amide bonds. The van der Waals surface area contributed by atoms with E-state index >= 15 is 0 Å². The zero-order valence-electron chi connectivity index (χ0n) is 12.9. The van der Waals surface area contributed by atoms with Gasteiger partial charge >= 0.3 is 7.60 Å². The molecule has 0 saturated carbocycles. The minimum Gasteiger partial charge on any atom is -0.297 e. The molecule has 0 aromatic heterocycles. The Morgan fingerprint density at radius 3 is 1.73 bits per heavy atom. The van der Waals surface area contributed by atoms with Gasteiger partial charge in [0.1, 0.15) is 0 Å². The van der Waals surface area contributed by atoms with Crippen LogP contribution in [0.25, 0.3) is 0 Å². The fourth-order valence-electron chi connectivity index (χ4n) is 2.89. The maximum atomic E-state index is 13.4. The van der Waals surface area contributed by atoms with Crippen LogP contribution in [-0.2, 0) is 13.6 Å². The molecule has 2 aromatic rings. The summed E-state index contributed by atoms with van der Waals surface area (Å²) < 4.78 is 25.5. The quantitative estimate of drug-likeness (QED) is 0.734. The van der Waals surface area contributed by atoms with Gasteiger partial charge in [0.15, 0.2) is 0 Å². The molecule has 2 atom stereocenters. The summed E-state index contributed by atoms with van der Waals surface area (Å²) in [5, 5.41) is 0.625. The third-order valence-electron chi connectivity index (χ3n) is 4.04. The summed E-state index contributed by atoms with van der Waals surface area (Å²) in [4.78, 5) is 0. The smallest absolute Gasteiger partial charge is 0.297 e. The molecule has 0 spiro atoms. The molecular formula is C18H21O3P. The Hall–Kier alpha value is -1.41. The monoisotopic (exact) mass is 316 g/mol. The van der Waals surface area contributed by atoms with Crippen LogP contribution in [0.15, 0.2) is 54.6 Å². The minimum atomic E-state index is -3.34. The minimum absolute atomic E-state index is 0.209. The molecule has 0 fully saturated rings. The van der Waals surface area contributed by atoms with E-state index in [0.29, 0.717) is 5.30 Å². The largest absolute Gasteiger partial charge is 0.362 e. The normalized spacial score (nSPS) is 23.5. The lowest BCUT2D eigenvalue weighted by molar-refractivity contribution is 0.135. The number of fused-ring (bicyclic) bond motifs is 1. The van der Waals surface area contributed by atoms with Crippen LogP contribution >= 0.6 is 7.60 Å². The van der Waals surface area contributed by atoms with E-state index in [2.05, 4.69) is 12.1 Å². The van der Waals surface area contributed by atoms with Gasteiger partial charge in [-0.3, -0.25) is 13.6 Å². The van der Waals surface area contributed by atoms with Crippen molar-refractivity contribution in [2.24, 2.45) is 0 Å². The second kappa shape index (κ2) is 6.37. The van der Waals surface area contributed by atoms with E-state index in [-0.39, 0.29) is 12.2 Å². The number of hydrogen-bond donors (Lipinski definition) is 0. The van der Waals surface area contributed by atoms with Crippen LogP contribution in [-0.4, -0.2) is 0 Å². The second-order valence-corrected chi connectivity index (χ2v) is 7.40. The molecule has 0 saturated heterocycles. The highest BCUT2D eigenvalue weighted by Crippen LogP contribution is 2.58. The third kappa shape index (κ3) is 2.77. The van der Waals surface area contributed by atoms with Crippen molar-refractivity contribution in [3.05, 3.63) is 65.7 Å². The molecule has 3 rings (SSSR count). The number of benzene rings is 2. The van der Waals surface area contributed by atoms with Crippen LogP contribution in [0, 0.1) is 0 Å². The van der Waals surface area contributed by atoms with E-state index in [1.807, 2.05) is 56.3 Å². The Balaban J connectivity index is 2.10. The van der Waals surface area contributed by atoms with Gasteiger partial charge in [-0.05, 0) is 36.1 Å². The second-order valence-electron chi connectivity index (χ2n) is 5.47. The van der Waals surface area contributed by atoms with Gasteiger partial charge in [-0.25, -0.2) is 0 Å². The van der Waals surface area contributed by atoms with Crippen LogP contribution in [0.3, 0.4) is 0 Å². The molecule has 3 nitrogen and oxygen atoms in total. The summed E-state index contributed by atoms with van der Waals surface area (Å²) >= 11 is 0. The van der Waals surface area contributed by atoms with E-state index < -0.39 is 7.60 Å². The van der Waals surface area contributed by atoms with Crippen molar-refractivity contribution in [2.75, 3.05) is 0 Å². The first kappa shape index (κ1) is 15.5. The summed E-state index contributed by atoms with van der Waals surface area (Å²) in [6.07, 6.45) is 1.10. The third-order valence-corrected chi connectivity index (χ3v) is 6.03. The molecule has 1 heterocycles. The molecule has 1 aliphatic heterocycles. The first-order valence-electron chi connectivity index (χ1n) is 7.79. The topological polar surface area (TPSA) is 35.5 Å². The molecule has 22 heavy (non-hydrogen) atoms. The fraction of sp³-hybridized carbons (Fsp3) is 0.333. The Morgan fingerprint density at radius 2 is 1.27 bits per heavy atom. The van der Waals surface area contributed by atoms with Gasteiger partial charge in [-0.15, -0.1) is 0 Å². The molecule has 0 bridgehead atoms. The number of hydrogen-bond acceptors (Lipinski definition) is 3. The highest BCUT2D eigenvalue weighted by atomic mass is 31.2. The van der Waals surface area contributed by atoms with Gasteiger partial charge in [0, 0.05) is 0 Å². The van der Waals surface area contributed by atoms with E-state index in [9.17, 15) is 4.57 Å². The van der Waals surface area contributed by atoms with Crippen LogP contribution in [0.2, 0.25) is 0 Å². The Kier molecular flexibility index (Phi) is 4.49. The average Bonchev–Trinajstić information content (AvgIpc) is 2.71. The lowest BCUT2D eigenvalue weighted by Gasteiger charge is -2.22. The molecule has 1 aliphatic rings. The molecular weight excluding hydrogens is 295 g/mol. The van der Waals surface area contributed by atoms with Gasteiger partial charge < -0.3 is 0 Å². The first-order valence-corrected chi connectivity index (χ1v) is 9.33. The molecule has 0 aliphatic carbocycles. The summed E-state index contributed by atoms with van der Waals surface area (Å²) in [5.74, 6) is 0. The van der Waals surface area contributed by atoms with Crippen molar-refractivity contribution in [3.63, 3.8) is 0 Å². The lowest BCUT2D eigenvalue weighted by atomic mass is 9.96. The molecule has 4 heteroatoms. The van der Waals surface area contributed by atoms with Gasteiger partial charge in [-0.1, -0.05) is 56.3 Å². The molecule has 0 radical (unpaired) electrons. The van der Waals surface area contributed by atoms with Crippen molar-refractivity contribution in [1.82, 2.24) is 0 Å². The van der Waals surface area contributed by atoms with Gasteiger partial charge in [-0.2, -0.15) is 0 Å². The van der Waals surface area contributed by atoms with Crippen molar-refractivity contribution in [3.8, 4) is 0 Å². The predicted molar refractivity (Wildman–Crippen MR) is 88.4 cm³/mol. The highest BCUT2D eigenvalue weighted by molar-refractivity contribution is 7.62. The van der Waals surface area contributed by atoms with Crippen LogP contribution in [0.1, 0.15) is 50.0 Å². The van der Waals surface area contributed by atoms with Gasteiger partial charge in [0.2, 0.25) is 0 Å². The summed E-state index contributed by atoms with van der Waals surface area (Å²) in [6, 6.07) is 17.4. The summed E-state index contributed by atoms with van der Waals surface area (Å²) in [6.45, 7) is 4.09. The maximum Gasteiger partial charge on any atom is 0.362 e. The predicted octanol–water partition coefficient (Wildman–Crippen LogP) is 5.15. The Morgan fingerprint density at radius 1 is 0.818 bits per heavy atom. The molecule has 116 valence electrons. The van der Waals surface area contributed by atoms with Crippen LogP contribution < -0.4 is 5.30 Å². The van der Waals surface area contributed by atoms with Crippen molar-refractivity contribution >= 4 is 12.9 Å². The average molecular weight is 316 g/mol.